The maximum Gasteiger partial charge on any atom is 0.251 e. The summed E-state index contributed by atoms with van der Waals surface area (Å²) in [5.74, 6) is 0.507. The number of nitrogens with one attached hydrogen (secondary N) is 1. The Morgan fingerprint density at radius 2 is 1.77 bits per heavy atom. The standard InChI is InChI=1S/C22H24FN5OS/c23-19-8-6-17(7-9-19)16-20-25-22(30-26-20)28-14-12-27(13-15-28)11-10-24-21(29)18-4-2-1-3-5-18/h1-9H,10-16H2,(H,24,29). The second-order valence-electron chi connectivity index (χ2n) is 7.25. The molecule has 0 unspecified atom stereocenters. The summed E-state index contributed by atoms with van der Waals surface area (Å²) in [6.45, 7) is 5.09. The van der Waals surface area contributed by atoms with Crippen LogP contribution in [0.1, 0.15) is 21.7 Å². The van der Waals surface area contributed by atoms with E-state index in [-0.39, 0.29) is 11.7 Å². The molecule has 1 aliphatic heterocycles. The van der Waals surface area contributed by atoms with Gasteiger partial charge in [-0.1, -0.05) is 30.3 Å². The number of halogens is 1. The van der Waals surface area contributed by atoms with Crippen LogP contribution < -0.4 is 10.2 Å². The molecule has 2 heterocycles. The highest BCUT2D eigenvalue weighted by molar-refractivity contribution is 7.09. The summed E-state index contributed by atoms with van der Waals surface area (Å²) in [7, 11) is 0. The van der Waals surface area contributed by atoms with Crippen molar-refractivity contribution in [1.29, 1.82) is 0 Å². The molecule has 0 spiro atoms. The van der Waals surface area contributed by atoms with E-state index in [1.807, 2.05) is 30.3 Å². The minimum atomic E-state index is -0.233. The summed E-state index contributed by atoms with van der Waals surface area (Å²) in [6.07, 6.45) is 0.609. The third kappa shape index (κ3) is 5.40. The largest absolute Gasteiger partial charge is 0.351 e. The van der Waals surface area contributed by atoms with Gasteiger partial charge in [-0.3, -0.25) is 9.69 Å². The molecule has 3 aromatic rings. The maximum absolute atomic E-state index is 13.0. The number of rotatable bonds is 7. The Balaban J connectivity index is 1.20. The van der Waals surface area contributed by atoms with Gasteiger partial charge in [-0.25, -0.2) is 9.37 Å². The lowest BCUT2D eigenvalue weighted by atomic mass is 10.1. The molecule has 0 radical (unpaired) electrons. The van der Waals surface area contributed by atoms with Gasteiger partial charge in [0.1, 0.15) is 11.6 Å². The Hall–Kier alpha value is -2.84. The minimum absolute atomic E-state index is 0.0308. The molecule has 0 aliphatic carbocycles. The molecule has 1 aromatic heterocycles. The Kier molecular flexibility index (Phi) is 6.66. The average molecular weight is 426 g/mol. The number of amides is 1. The van der Waals surface area contributed by atoms with Gasteiger partial charge in [-0.2, -0.15) is 4.37 Å². The van der Waals surface area contributed by atoms with Gasteiger partial charge in [0.2, 0.25) is 5.13 Å². The summed E-state index contributed by atoms with van der Waals surface area (Å²) in [4.78, 5) is 21.4. The van der Waals surface area contributed by atoms with E-state index in [2.05, 4.69) is 24.5 Å². The van der Waals surface area contributed by atoms with E-state index in [4.69, 9.17) is 0 Å². The number of carbonyl (C=O) groups is 1. The van der Waals surface area contributed by atoms with Crippen molar-refractivity contribution >= 4 is 22.6 Å². The van der Waals surface area contributed by atoms with Gasteiger partial charge < -0.3 is 10.2 Å². The normalized spacial score (nSPS) is 14.6. The maximum atomic E-state index is 13.0. The fourth-order valence-corrected chi connectivity index (χ4v) is 4.15. The van der Waals surface area contributed by atoms with E-state index in [1.54, 1.807) is 12.1 Å². The van der Waals surface area contributed by atoms with Gasteiger partial charge >= 0.3 is 0 Å². The van der Waals surface area contributed by atoms with Gasteiger partial charge in [-0.05, 0) is 29.8 Å². The van der Waals surface area contributed by atoms with Crippen LogP contribution in [0.2, 0.25) is 0 Å². The van der Waals surface area contributed by atoms with E-state index >= 15 is 0 Å². The van der Waals surface area contributed by atoms with Crippen LogP contribution in [0.15, 0.2) is 54.6 Å². The van der Waals surface area contributed by atoms with Crippen molar-refractivity contribution in [2.45, 2.75) is 6.42 Å². The Morgan fingerprint density at radius 1 is 1.03 bits per heavy atom. The molecule has 0 atom stereocenters. The van der Waals surface area contributed by atoms with Gasteiger partial charge in [-0.15, -0.1) is 0 Å². The topological polar surface area (TPSA) is 61.4 Å². The monoisotopic (exact) mass is 425 g/mol. The zero-order valence-corrected chi connectivity index (χ0v) is 17.4. The van der Waals surface area contributed by atoms with Crippen molar-refractivity contribution in [2.75, 3.05) is 44.2 Å². The SMILES string of the molecule is O=C(NCCN1CCN(c2nc(Cc3ccc(F)cc3)ns2)CC1)c1ccccc1. The number of nitrogens with zero attached hydrogens (tertiary/aromatic N) is 4. The van der Waals surface area contributed by atoms with Crippen LogP contribution in [-0.4, -0.2) is 59.4 Å². The molecule has 1 fully saturated rings. The van der Waals surface area contributed by atoms with Crippen molar-refractivity contribution in [3.8, 4) is 0 Å². The van der Waals surface area contributed by atoms with Crippen molar-refractivity contribution in [1.82, 2.24) is 19.6 Å². The molecular formula is C22H24FN5OS. The summed E-state index contributed by atoms with van der Waals surface area (Å²) in [5, 5.41) is 3.92. The Morgan fingerprint density at radius 3 is 2.50 bits per heavy atom. The van der Waals surface area contributed by atoms with Crippen molar-refractivity contribution in [3.63, 3.8) is 0 Å². The second-order valence-corrected chi connectivity index (χ2v) is 7.98. The molecule has 30 heavy (non-hydrogen) atoms. The predicted octanol–water partition coefficient (Wildman–Crippen LogP) is 2.82. The third-order valence-corrected chi connectivity index (χ3v) is 5.94. The molecule has 1 aliphatic rings. The fraction of sp³-hybridized carbons (Fsp3) is 0.318. The van der Waals surface area contributed by atoms with Crippen LogP contribution >= 0.6 is 11.5 Å². The Bertz CT molecular complexity index is 955. The first-order valence-electron chi connectivity index (χ1n) is 10.0. The number of hydrogen-bond donors (Lipinski definition) is 1. The first-order chi connectivity index (χ1) is 14.7. The lowest BCUT2D eigenvalue weighted by Gasteiger charge is -2.34. The lowest BCUT2D eigenvalue weighted by molar-refractivity contribution is 0.0948. The zero-order valence-electron chi connectivity index (χ0n) is 16.6. The third-order valence-electron chi connectivity index (χ3n) is 5.13. The van der Waals surface area contributed by atoms with Crippen LogP contribution in [-0.2, 0) is 6.42 Å². The molecule has 6 nitrogen and oxygen atoms in total. The van der Waals surface area contributed by atoms with Gasteiger partial charge in [0, 0.05) is 62.8 Å². The molecular weight excluding hydrogens is 401 g/mol. The first kappa shape index (κ1) is 20.4. The molecule has 0 saturated carbocycles. The van der Waals surface area contributed by atoms with Crippen molar-refractivity contribution in [3.05, 3.63) is 77.4 Å². The highest BCUT2D eigenvalue weighted by atomic mass is 32.1. The number of carbonyl (C=O) groups excluding carboxylic acids is 1. The predicted molar refractivity (Wildman–Crippen MR) is 117 cm³/mol. The van der Waals surface area contributed by atoms with Crippen molar-refractivity contribution in [2.24, 2.45) is 0 Å². The lowest BCUT2D eigenvalue weighted by Crippen LogP contribution is -2.48. The molecule has 1 N–H and O–H groups in total. The highest BCUT2D eigenvalue weighted by Crippen LogP contribution is 2.20. The molecule has 1 saturated heterocycles. The van der Waals surface area contributed by atoms with Crippen LogP contribution in [0.4, 0.5) is 9.52 Å². The second kappa shape index (κ2) is 9.77. The highest BCUT2D eigenvalue weighted by Gasteiger charge is 2.20. The zero-order chi connectivity index (χ0) is 20.8. The smallest absolute Gasteiger partial charge is 0.251 e. The number of anilines is 1. The molecule has 0 bridgehead atoms. The van der Waals surface area contributed by atoms with E-state index in [0.717, 1.165) is 49.2 Å². The minimum Gasteiger partial charge on any atom is -0.351 e. The number of piperazine rings is 1. The van der Waals surface area contributed by atoms with Crippen LogP contribution in [0.3, 0.4) is 0 Å². The summed E-state index contributed by atoms with van der Waals surface area (Å²) in [6, 6.07) is 15.7. The molecule has 156 valence electrons. The Labute approximate surface area is 179 Å². The van der Waals surface area contributed by atoms with Gasteiger partial charge in [0.05, 0.1) is 0 Å². The summed E-state index contributed by atoms with van der Waals surface area (Å²) >= 11 is 1.41. The molecule has 8 heteroatoms. The van der Waals surface area contributed by atoms with Crippen LogP contribution in [0, 0.1) is 5.82 Å². The van der Waals surface area contributed by atoms with Gasteiger partial charge in [0.15, 0.2) is 0 Å². The van der Waals surface area contributed by atoms with E-state index in [0.29, 0.717) is 18.5 Å². The van der Waals surface area contributed by atoms with E-state index in [9.17, 15) is 9.18 Å². The summed E-state index contributed by atoms with van der Waals surface area (Å²) in [5.41, 5.74) is 1.69. The first-order valence-corrected chi connectivity index (χ1v) is 10.8. The summed E-state index contributed by atoms with van der Waals surface area (Å²) < 4.78 is 17.5. The van der Waals surface area contributed by atoms with Crippen LogP contribution in [0.5, 0.6) is 0 Å². The van der Waals surface area contributed by atoms with Crippen LogP contribution in [0.25, 0.3) is 0 Å². The van der Waals surface area contributed by atoms with E-state index in [1.165, 1.54) is 23.7 Å². The molecule has 2 aromatic carbocycles. The molecule has 1 amide bonds. The number of hydrogen-bond acceptors (Lipinski definition) is 6. The number of benzene rings is 2. The molecule has 4 rings (SSSR count). The van der Waals surface area contributed by atoms with Gasteiger partial charge in [0.25, 0.3) is 5.91 Å². The quantitative estimate of drug-likeness (QED) is 0.631. The van der Waals surface area contributed by atoms with Crippen molar-refractivity contribution < 1.29 is 9.18 Å². The van der Waals surface area contributed by atoms with E-state index < -0.39 is 0 Å². The average Bonchev–Trinajstić information content (AvgIpc) is 3.25. The fourth-order valence-electron chi connectivity index (χ4n) is 3.41. The number of aromatic nitrogens is 2.